The first-order chi connectivity index (χ1) is 22.9. The Morgan fingerprint density at radius 3 is 2.00 bits per heavy atom. The molecule has 0 saturated carbocycles. The van der Waals surface area contributed by atoms with Gasteiger partial charge in [0.05, 0.1) is 5.56 Å². The minimum atomic E-state index is -2.48. The molecule has 2 unspecified atom stereocenters. The molecule has 3 rings (SSSR count). The van der Waals surface area contributed by atoms with Crippen LogP contribution < -0.4 is 20.1 Å². The van der Waals surface area contributed by atoms with Gasteiger partial charge < -0.3 is 19.9 Å². The molecule has 8 nitrogen and oxygen atoms in total. The zero-order valence-electron chi connectivity index (χ0n) is 30.4. The van der Waals surface area contributed by atoms with Crippen molar-refractivity contribution >= 4 is 34.9 Å². The maximum atomic E-state index is 14.3. The van der Waals surface area contributed by atoms with Crippen LogP contribution in [0.25, 0.3) is 0 Å². The molecule has 49 heavy (non-hydrogen) atoms. The predicted octanol–water partition coefficient (Wildman–Crippen LogP) is 9.10. The molecule has 0 spiro atoms. The molecule has 0 radical (unpaired) electrons. The number of ether oxygens (including phenoxy) is 2. The molecule has 3 N–H and O–H groups in total. The number of aromatic carboxylic acids is 1. The van der Waals surface area contributed by atoms with Crippen molar-refractivity contribution in [3.8, 4) is 11.5 Å². The molecule has 0 aliphatic carbocycles. The molecule has 266 valence electrons. The van der Waals surface area contributed by atoms with Crippen LogP contribution in [0.4, 0.5) is 5.69 Å². The van der Waals surface area contributed by atoms with Gasteiger partial charge in [0.2, 0.25) is 5.78 Å². The summed E-state index contributed by atoms with van der Waals surface area (Å²) in [5.41, 5.74) is 1.51. The number of anilines is 1. The van der Waals surface area contributed by atoms with Crippen molar-refractivity contribution in [3.05, 3.63) is 89.5 Å². The molecule has 0 aliphatic heterocycles. The van der Waals surface area contributed by atoms with Gasteiger partial charge in [-0.15, -0.1) is 0 Å². The van der Waals surface area contributed by atoms with E-state index >= 15 is 0 Å². The zero-order chi connectivity index (χ0) is 36.6. The van der Waals surface area contributed by atoms with Gasteiger partial charge in [-0.2, -0.15) is 0 Å². The molecule has 0 saturated heterocycles. The highest BCUT2D eigenvalue weighted by atomic mass is 35.5. The van der Waals surface area contributed by atoms with E-state index < -0.39 is 34.4 Å². The van der Waals surface area contributed by atoms with Gasteiger partial charge in [-0.3, -0.25) is 14.9 Å². The summed E-state index contributed by atoms with van der Waals surface area (Å²) < 4.78 is 12.6. The number of amides is 1. The number of carbonyl (C=O) groups excluding carboxylic acids is 2. The number of hydrogen-bond donors (Lipinski definition) is 3. The Kier molecular flexibility index (Phi) is 13.1. The number of carbonyl (C=O) groups is 3. The third kappa shape index (κ3) is 9.86. The molecule has 0 bridgehead atoms. The zero-order valence-corrected chi connectivity index (χ0v) is 31.2. The normalized spacial score (nSPS) is 14.0. The summed E-state index contributed by atoms with van der Waals surface area (Å²) >= 11 is 6.91. The number of carboxylic acids is 1. The summed E-state index contributed by atoms with van der Waals surface area (Å²) in [6.07, 6.45) is 3.00. The number of nitrogens with one attached hydrogen (secondary N) is 2. The number of para-hydroxylation sites is 1. The minimum absolute atomic E-state index is 0.0176. The van der Waals surface area contributed by atoms with Crippen molar-refractivity contribution in [1.29, 1.82) is 0 Å². The minimum Gasteiger partial charge on any atom is -0.478 e. The summed E-state index contributed by atoms with van der Waals surface area (Å²) in [6, 6.07) is 20.4. The van der Waals surface area contributed by atoms with Gasteiger partial charge in [-0.05, 0) is 78.1 Å². The monoisotopic (exact) mass is 692 g/mol. The Balaban J connectivity index is 1.92. The van der Waals surface area contributed by atoms with Crippen molar-refractivity contribution in [2.75, 3.05) is 11.9 Å². The Bertz CT molecular complexity index is 1590. The predicted molar refractivity (Wildman–Crippen MR) is 197 cm³/mol. The van der Waals surface area contributed by atoms with E-state index in [0.717, 1.165) is 30.6 Å². The second kappa shape index (κ2) is 16.2. The van der Waals surface area contributed by atoms with Gasteiger partial charge in [-0.25, -0.2) is 4.79 Å². The number of Topliss-reactive ketones (excluding diaryl/α,β-unsaturated/α-hetero) is 1. The molecule has 3 aromatic rings. The van der Waals surface area contributed by atoms with E-state index in [2.05, 4.69) is 77.3 Å². The maximum absolute atomic E-state index is 14.3. The largest absolute Gasteiger partial charge is 0.478 e. The van der Waals surface area contributed by atoms with E-state index in [0.29, 0.717) is 12.1 Å². The first-order valence-electron chi connectivity index (χ1n) is 17.1. The molecule has 0 heterocycles. The van der Waals surface area contributed by atoms with E-state index in [1.54, 1.807) is 44.2 Å². The summed E-state index contributed by atoms with van der Waals surface area (Å²) in [5, 5.41) is 13.0. The number of carboxylic acid groups (broad SMARTS) is 1. The van der Waals surface area contributed by atoms with Crippen molar-refractivity contribution in [1.82, 2.24) is 5.32 Å². The Morgan fingerprint density at radius 2 is 1.45 bits per heavy atom. The van der Waals surface area contributed by atoms with Crippen molar-refractivity contribution < 1.29 is 29.0 Å². The lowest BCUT2D eigenvalue weighted by molar-refractivity contribution is -0.144. The Hall–Kier alpha value is -3.88. The smallest absolute Gasteiger partial charge is 0.335 e. The van der Waals surface area contributed by atoms with Crippen LogP contribution in [0, 0.1) is 5.41 Å². The molecule has 0 aromatic heterocycles. The van der Waals surface area contributed by atoms with Crippen LogP contribution in [0.3, 0.4) is 0 Å². The van der Waals surface area contributed by atoms with Crippen molar-refractivity contribution in [2.24, 2.45) is 5.41 Å². The van der Waals surface area contributed by atoms with E-state index in [9.17, 15) is 19.5 Å². The summed E-state index contributed by atoms with van der Waals surface area (Å²) in [6.45, 7) is 18.9. The lowest BCUT2D eigenvalue weighted by Gasteiger charge is -2.35. The number of ketones is 1. The Labute approximate surface area is 296 Å². The van der Waals surface area contributed by atoms with Crippen LogP contribution in [0.5, 0.6) is 11.5 Å². The van der Waals surface area contributed by atoms with Crippen LogP contribution >= 0.6 is 11.6 Å². The standard InChI is InChI=1S/C40H53ClN2O6/c1-10-16-33(48-32-24-21-28(37(4,5)11-2)25-31(32)38(6,7)12-3)42-26-39(8,9)35(46)40(41,36(47)43-29-17-14-13-15-18-29)49-30-22-19-27(20-23-30)34(44)45/h13-15,17-25,33,42H,10-12,16,26H2,1-9H3,(H,43,47)(H,44,45). The van der Waals surface area contributed by atoms with Crippen molar-refractivity contribution in [2.45, 2.75) is 110 Å². The second-order valence-electron chi connectivity index (χ2n) is 14.5. The third-order valence-electron chi connectivity index (χ3n) is 9.44. The molecule has 3 aromatic carbocycles. The number of benzene rings is 3. The summed E-state index contributed by atoms with van der Waals surface area (Å²) in [5.74, 6) is -1.82. The highest BCUT2D eigenvalue weighted by molar-refractivity contribution is 6.47. The van der Waals surface area contributed by atoms with Crippen LogP contribution in [0.1, 0.15) is 109 Å². The first kappa shape index (κ1) is 39.6. The fraction of sp³-hybridized carbons (Fsp3) is 0.475. The Morgan fingerprint density at radius 1 is 0.837 bits per heavy atom. The van der Waals surface area contributed by atoms with Crippen LogP contribution in [0.2, 0.25) is 0 Å². The SMILES string of the molecule is CCCC(NCC(C)(C)C(=O)C(Cl)(Oc1ccc(C(=O)O)cc1)C(=O)Nc1ccccc1)Oc1ccc(C(C)(C)CC)cc1C(C)(C)CC. The molecule has 0 fully saturated rings. The lowest BCUT2D eigenvalue weighted by Crippen LogP contribution is -2.57. The van der Waals surface area contributed by atoms with Crippen molar-refractivity contribution in [3.63, 3.8) is 0 Å². The number of hydrogen-bond acceptors (Lipinski definition) is 6. The van der Waals surface area contributed by atoms with E-state index in [1.807, 2.05) is 0 Å². The van der Waals surface area contributed by atoms with E-state index in [4.69, 9.17) is 21.1 Å². The lowest BCUT2D eigenvalue weighted by atomic mass is 9.76. The third-order valence-corrected chi connectivity index (χ3v) is 9.86. The van der Waals surface area contributed by atoms with Gasteiger partial charge in [0.25, 0.3) is 5.91 Å². The summed E-state index contributed by atoms with van der Waals surface area (Å²) in [4.78, 5) is 39.4. The van der Waals surface area contributed by atoms with E-state index in [1.165, 1.54) is 29.8 Å². The first-order valence-corrected chi connectivity index (χ1v) is 17.5. The van der Waals surface area contributed by atoms with Gasteiger partial charge in [0, 0.05) is 23.2 Å². The van der Waals surface area contributed by atoms with Crippen LogP contribution in [-0.4, -0.2) is 40.6 Å². The molecular weight excluding hydrogens is 640 g/mol. The molecule has 1 amide bonds. The van der Waals surface area contributed by atoms with Crippen LogP contribution in [-0.2, 0) is 20.4 Å². The molecule has 2 atom stereocenters. The number of alkyl halides is 1. The van der Waals surface area contributed by atoms with Gasteiger partial charge in [-0.1, -0.05) is 111 Å². The second-order valence-corrected chi connectivity index (χ2v) is 15.1. The molecular formula is C40H53ClN2O6. The topological polar surface area (TPSA) is 114 Å². The van der Waals surface area contributed by atoms with Gasteiger partial charge in [0.1, 0.15) is 17.7 Å². The fourth-order valence-corrected chi connectivity index (χ4v) is 5.63. The highest BCUT2D eigenvalue weighted by Crippen LogP contribution is 2.39. The van der Waals surface area contributed by atoms with Gasteiger partial charge in [0.15, 0.2) is 0 Å². The maximum Gasteiger partial charge on any atom is 0.335 e. The fourth-order valence-electron chi connectivity index (χ4n) is 5.24. The summed E-state index contributed by atoms with van der Waals surface area (Å²) in [7, 11) is 0. The number of halogens is 1. The average molecular weight is 693 g/mol. The van der Waals surface area contributed by atoms with Crippen LogP contribution in [0.15, 0.2) is 72.8 Å². The average Bonchev–Trinajstić information content (AvgIpc) is 3.07. The van der Waals surface area contributed by atoms with Gasteiger partial charge >= 0.3 is 11.0 Å². The van der Waals surface area contributed by atoms with E-state index in [-0.39, 0.29) is 28.7 Å². The number of rotatable bonds is 18. The highest BCUT2D eigenvalue weighted by Gasteiger charge is 2.53. The molecule has 9 heteroatoms. The molecule has 0 aliphatic rings. The quantitative estimate of drug-likeness (QED) is 0.0692.